The van der Waals surface area contributed by atoms with E-state index in [0.717, 1.165) is 23.1 Å². The van der Waals surface area contributed by atoms with E-state index in [1.54, 1.807) is 0 Å². The summed E-state index contributed by atoms with van der Waals surface area (Å²) >= 11 is 0. The fourth-order valence-corrected chi connectivity index (χ4v) is 3.47. The van der Waals surface area contributed by atoms with Gasteiger partial charge in [0.15, 0.2) is 0 Å². The number of benzene rings is 3. The minimum Gasteiger partial charge on any atom is -0.361 e. The molecule has 4 aromatic rings. The lowest BCUT2D eigenvalue weighted by atomic mass is 9.90. The molecule has 27 heavy (non-hydrogen) atoms. The highest BCUT2D eigenvalue weighted by molar-refractivity contribution is 5.87. The van der Waals surface area contributed by atoms with Gasteiger partial charge in [0, 0.05) is 18.3 Å². The molecule has 0 aliphatic heterocycles. The minimum atomic E-state index is -0.293. The van der Waals surface area contributed by atoms with Crippen LogP contribution < -0.4 is 5.32 Å². The minimum absolute atomic E-state index is 0.0355. The molecule has 0 spiro atoms. The van der Waals surface area contributed by atoms with E-state index in [1.807, 2.05) is 66.9 Å². The molecule has 0 saturated carbocycles. The van der Waals surface area contributed by atoms with Gasteiger partial charge in [-0.25, -0.2) is 0 Å². The topological polar surface area (TPSA) is 44.9 Å². The molecule has 3 heteroatoms. The largest absolute Gasteiger partial charge is 0.361 e. The van der Waals surface area contributed by atoms with Crippen molar-refractivity contribution in [2.75, 3.05) is 6.54 Å². The lowest BCUT2D eigenvalue weighted by molar-refractivity contribution is -0.121. The van der Waals surface area contributed by atoms with Crippen molar-refractivity contribution in [2.24, 2.45) is 0 Å². The predicted octanol–water partition coefficient (Wildman–Crippen LogP) is 4.66. The van der Waals surface area contributed by atoms with Crippen molar-refractivity contribution in [1.29, 1.82) is 0 Å². The van der Waals surface area contributed by atoms with Gasteiger partial charge in [-0.3, -0.25) is 4.79 Å². The van der Waals surface area contributed by atoms with Crippen LogP contribution in [0.15, 0.2) is 91.1 Å². The number of amides is 1. The molecule has 1 amide bonds. The number of fused-ring (bicyclic) bond motifs is 1. The Hall–Kier alpha value is -3.33. The Labute approximate surface area is 159 Å². The van der Waals surface area contributed by atoms with Crippen LogP contribution in [-0.2, 0) is 11.2 Å². The van der Waals surface area contributed by atoms with E-state index < -0.39 is 0 Å². The van der Waals surface area contributed by atoms with Crippen LogP contribution in [-0.4, -0.2) is 17.4 Å². The first kappa shape index (κ1) is 17.1. The second kappa shape index (κ2) is 7.92. The van der Waals surface area contributed by atoms with Crippen molar-refractivity contribution in [1.82, 2.24) is 10.3 Å². The van der Waals surface area contributed by atoms with Crippen LogP contribution in [0.25, 0.3) is 10.9 Å². The molecule has 2 N–H and O–H groups in total. The third-order valence-electron chi connectivity index (χ3n) is 4.86. The van der Waals surface area contributed by atoms with E-state index >= 15 is 0 Å². The number of hydrogen-bond acceptors (Lipinski definition) is 1. The quantitative estimate of drug-likeness (QED) is 0.520. The highest BCUT2D eigenvalue weighted by Crippen LogP contribution is 2.24. The summed E-state index contributed by atoms with van der Waals surface area (Å²) < 4.78 is 0. The molecule has 0 bridgehead atoms. The van der Waals surface area contributed by atoms with E-state index in [1.165, 1.54) is 10.9 Å². The summed E-state index contributed by atoms with van der Waals surface area (Å²) in [5, 5.41) is 4.33. The van der Waals surface area contributed by atoms with E-state index in [2.05, 4.69) is 34.6 Å². The van der Waals surface area contributed by atoms with E-state index in [0.29, 0.717) is 6.54 Å². The van der Waals surface area contributed by atoms with Crippen molar-refractivity contribution in [3.05, 3.63) is 108 Å². The molecule has 0 unspecified atom stereocenters. The molecule has 3 aromatic carbocycles. The van der Waals surface area contributed by atoms with Gasteiger partial charge in [0.05, 0.1) is 5.92 Å². The number of hydrogen-bond donors (Lipinski definition) is 2. The molecular weight excluding hydrogens is 332 g/mol. The second-order valence-corrected chi connectivity index (χ2v) is 6.69. The molecule has 0 saturated heterocycles. The van der Waals surface area contributed by atoms with Gasteiger partial charge in [0.2, 0.25) is 5.91 Å². The van der Waals surface area contributed by atoms with Crippen LogP contribution >= 0.6 is 0 Å². The lowest BCUT2D eigenvalue weighted by Gasteiger charge is -2.18. The second-order valence-electron chi connectivity index (χ2n) is 6.69. The Morgan fingerprint density at radius 3 is 2.19 bits per heavy atom. The number of H-pyrrole nitrogens is 1. The molecule has 0 aliphatic carbocycles. The van der Waals surface area contributed by atoms with Crippen LogP contribution in [0.5, 0.6) is 0 Å². The Balaban J connectivity index is 1.47. The van der Waals surface area contributed by atoms with E-state index in [4.69, 9.17) is 0 Å². The van der Waals surface area contributed by atoms with E-state index in [9.17, 15) is 4.79 Å². The zero-order valence-corrected chi connectivity index (χ0v) is 15.1. The predicted molar refractivity (Wildman–Crippen MR) is 110 cm³/mol. The molecule has 1 aromatic heterocycles. The summed E-state index contributed by atoms with van der Waals surface area (Å²) in [5.41, 5.74) is 4.36. The lowest BCUT2D eigenvalue weighted by Crippen LogP contribution is -2.31. The number of aromatic amines is 1. The first-order valence-electron chi connectivity index (χ1n) is 9.25. The molecule has 1 heterocycles. The Kier molecular flexibility index (Phi) is 5.01. The molecule has 0 aliphatic rings. The summed E-state index contributed by atoms with van der Waals surface area (Å²) in [6.07, 6.45) is 2.75. The Bertz CT molecular complexity index is 982. The summed E-state index contributed by atoms with van der Waals surface area (Å²) in [5.74, 6) is -0.258. The molecular formula is C24H22N2O. The average Bonchev–Trinajstić information content (AvgIpc) is 3.18. The van der Waals surface area contributed by atoms with E-state index in [-0.39, 0.29) is 11.8 Å². The first-order chi connectivity index (χ1) is 13.3. The summed E-state index contributed by atoms with van der Waals surface area (Å²) in [6.45, 7) is 0.612. The summed E-state index contributed by atoms with van der Waals surface area (Å²) in [4.78, 5) is 16.2. The van der Waals surface area contributed by atoms with Crippen molar-refractivity contribution in [3.63, 3.8) is 0 Å². The zero-order valence-electron chi connectivity index (χ0n) is 15.1. The van der Waals surface area contributed by atoms with Crippen molar-refractivity contribution in [3.8, 4) is 0 Å². The monoisotopic (exact) mass is 354 g/mol. The number of aromatic nitrogens is 1. The van der Waals surface area contributed by atoms with Gasteiger partial charge >= 0.3 is 0 Å². The van der Waals surface area contributed by atoms with Gasteiger partial charge < -0.3 is 10.3 Å². The van der Waals surface area contributed by atoms with Gasteiger partial charge in [-0.2, -0.15) is 0 Å². The first-order valence-corrected chi connectivity index (χ1v) is 9.25. The van der Waals surface area contributed by atoms with Crippen molar-refractivity contribution >= 4 is 16.8 Å². The van der Waals surface area contributed by atoms with Gasteiger partial charge in [-0.15, -0.1) is 0 Å². The highest BCUT2D eigenvalue weighted by Gasteiger charge is 2.21. The number of rotatable bonds is 6. The smallest absolute Gasteiger partial charge is 0.232 e. The fourth-order valence-electron chi connectivity index (χ4n) is 3.47. The van der Waals surface area contributed by atoms with Crippen LogP contribution in [0.1, 0.15) is 22.6 Å². The maximum absolute atomic E-state index is 13.0. The normalized spacial score (nSPS) is 11.0. The summed E-state index contributed by atoms with van der Waals surface area (Å²) in [7, 11) is 0. The number of carbonyl (C=O) groups excluding carboxylic acids is 1. The highest BCUT2D eigenvalue weighted by atomic mass is 16.1. The van der Waals surface area contributed by atoms with Gasteiger partial charge in [0.1, 0.15) is 0 Å². The number of nitrogens with one attached hydrogen (secondary N) is 2. The standard InChI is InChI=1S/C24H22N2O/c27-24(26-15-13-18-11-12-19-14-16-25-22(19)17-18)23(20-7-3-1-4-8-20)21-9-5-2-6-10-21/h1-12,14,16-17,23,25H,13,15H2,(H,26,27). The molecule has 134 valence electrons. The van der Waals surface area contributed by atoms with Crippen LogP contribution in [0, 0.1) is 0 Å². The fraction of sp³-hybridized carbons (Fsp3) is 0.125. The molecule has 0 fully saturated rings. The van der Waals surface area contributed by atoms with Gasteiger partial charge in [-0.05, 0) is 40.6 Å². The molecule has 0 atom stereocenters. The SMILES string of the molecule is O=C(NCCc1ccc2cc[nH]c2c1)C(c1ccccc1)c1ccccc1. The van der Waals surface area contributed by atoms with Crippen molar-refractivity contribution < 1.29 is 4.79 Å². The van der Waals surface area contributed by atoms with Crippen LogP contribution in [0.4, 0.5) is 0 Å². The van der Waals surface area contributed by atoms with Gasteiger partial charge in [0.25, 0.3) is 0 Å². The third-order valence-corrected chi connectivity index (χ3v) is 4.86. The summed E-state index contributed by atoms with van der Waals surface area (Å²) in [6, 6.07) is 28.3. The Morgan fingerprint density at radius 1 is 0.852 bits per heavy atom. The molecule has 0 radical (unpaired) electrons. The average molecular weight is 354 g/mol. The maximum atomic E-state index is 13.0. The van der Waals surface area contributed by atoms with Crippen molar-refractivity contribution in [2.45, 2.75) is 12.3 Å². The maximum Gasteiger partial charge on any atom is 0.232 e. The van der Waals surface area contributed by atoms with Crippen LogP contribution in [0.2, 0.25) is 0 Å². The van der Waals surface area contributed by atoms with Gasteiger partial charge in [-0.1, -0.05) is 72.8 Å². The molecule has 3 nitrogen and oxygen atoms in total. The zero-order chi connectivity index (χ0) is 18.5. The third kappa shape index (κ3) is 3.93. The van der Waals surface area contributed by atoms with Crippen LogP contribution in [0.3, 0.4) is 0 Å². The number of carbonyl (C=O) groups is 1. The Morgan fingerprint density at radius 2 is 1.52 bits per heavy atom. The molecule has 4 rings (SSSR count).